The van der Waals surface area contributed by atoms with E-state index in [0.29, 0.717) is 17.2 Å². The first kappa shape index (κ1) is 20.4. The van der Waals surface area contributed by atoms with Gasteiger partial charge in [0.15, 0.2) is 9.84 Å². The fourth-order valence-corrected chi connectivity index (χ4v) is 3.64. The first-order valence-corrected chi connectivity index (χ1v) is 11.3. The maximum atomic E-state index is 11.6. The Kier molecular flexibility index (Phi) is 5.36. The summed E-state index contributed by atoms with van der Waals surface area (Å²) in [5.74, 6) is 6.75. The zero-order valence-corrected chi connectivity index (χ0v) is 18.0. The third-order valence-corrected chi connectivity index (χ3v) is 5.70. The third kappa shape index (κ3) is 4.68. The van der Waals surface area contributed by atoms with Gasteiger partial charge in [-0.1, -0.05) is 0 Å². The van der Waals surface area contributed by atoms with E-state index in [1.54, 1.807) is 42.9 Å². The van der Waals surface area contributed by atoms with Crippen molar-refractivity contribution in [3.05, 3.63) is 77.8 Å². The van der Waals surface area contributed by atoms with Gasteiger partial charge in [0.1, 0.15) is 17.2 Å². The molecule has 0 unspecified atom stereocenters. The largest absolute Gasteiger partial charge is 0.340 e. The fourth-order valence-electron chi connectivity index (χ4n) is 3.01. The zero-order valence-electron chi connectivity index (χ0n) is 17.2. The van der Waals surface area contributed by atoms with Gasteiger partial charge >= 0.3 is 0 Å². The van der Waals surface area contributed by atoms with Crippen molar-refractivity contribution in [2.45, 2.75) is 18.7 Å². The lowest BCUT2D eigenvalue weighted by molar-refractivity contribution is 0.602. The summed E-state index contributed by atoms with van der Waals surface area (Å²) in [7, 11) is -3.24. The number of hydrogen-bond donors (Lipinski definition) is 1. The standard InChI is InChI=1S/C23H19N5O2S/c1-15-13-25-21(16(2)27-15)8-9-22-20-12-23(26-14-17(20)10-11-24-22)28-18-4-6-19(7-5-18)31(3,29)30/h4-7,10-14H,1-3H3,(H,26,28). The van der Waals surface area contributed by atoms with Crippen molar-refractivity contribution in [2.24, 2.45) is 0 Å². The van der Waals surface area contributed by atoms with Gasteiger partial charge in [0.25, 0.3) is 0 Å². The van der Waals surface area contributed by atoms with E-state index in [4.69, 9.17) is 0 Å². The highest BCUT2D eigenvalue weighted by molar-refractivity contribution is 7.90. The summed E-state index contributed by atoms with van der Waals surface area (Å²) in [4.78, 5) is 17.8. The van der Waals surface area contributed by atoms with Crippen LogP contribution in [0.15, 0.2) is 59.9 Å². The molecule has 31 heavy (non-hydrogen) atoms. The van der Waals surface area contributed by atoms with E-state index in [9.17, 15) is 8.42 Å². The van der Waals surface area contributed by atoms with Crippen LogP contribution in [0.5, 0.6) is 0 Å². The number of benzene rings is 1. The summed E-state index contributed by atoms with van der Waals surface area (Å²) in [5.41, 5.74) is 3.56. The van der Waals surface area contributed by atoms with Gasteiger partial charge in [-0.3, -0.25) is 4.98 Å². The summed E-state index contributed by atoms with van der Waals surface area (Å²) in [5, 5.41) is 4.94. The van der Waals surface area contributed by atoms with Crippen LogP contribution < -0.4 is 5.32 Å². The number of anilines is 2. The van der Waals surface area contributed by atoms with E-state index >= 15 is 0 Å². The van der Waals surface area contributed by atoms with Gasteiger partial charge in [-0.15, -0.1) is 0 Å². The Bertz CT molecular complexity index is 1450. The average Bonchev–Trinajstić information content (AvgIpc) is 2.73. The van der Waals surface area contributed by atoms with Gasteiger partial charge in [-0.2, -0.15) is 0 Å². The van der Waals surface area contributed by atoms with Gasteiger partial charge in [0.2, 0.25) is 0 Å². The van der Waals surface area contributed by atoms with E-state index in [1.165, 1.54) is 6.26 Å². The molecule has 4 rings (SSSR count). The van der Waals surface area contributed by atoms with Crippen molar-refractivity contribution in [3.8, 4) is 11.8 Å². The van der Waals surface area contributed by atoms with Crippen molar-refractivity contribution in [1.82, 2.24) is 19.9 Å². The van der Waals surface area contributed by atoms with Crippen LogP contribution in [0, 0.1) is 25.7 Å². The molecule has 0 aliphatic carbocycles. The molecule has 0 bridgehead atoms. The number of nitrogens with zero attached hydrogens (tertiary/aromatic N) is 4. The lowest BCUT2D eigenvalue weighted by Crippen LogP contribution is -1.98. The SMILES string of the molecule is Cc1cnc(C#Cc2nccc3cnc(Nc4ccc(S(C)(=O)=O)cc4)cc23)c(C)n1. The Morgan fingerprint density at radius 2 is 1.65 bits per heavy atom. The Hall–Kier alpha value is -3.83. The molecule has 8 heteroatoms. The quantitative estimate of drug-likeness (QED) is 0.497. The first-order valence-electron chi connectivity index (χ1n) is 9.44. The summed E-state index contributed by atoms with van der Waals surface area (Å²) in [6.07, 6.45) is 6.30. The van der Waals surface area contributed by atoms with E-state index in [-0.39, 0.29) is 4.90 Å². The Morgan fingerprint density at radius 1 is 0.903 bits per heavy atom. The lowest BCUT2D eigenvalue weighted by atomic mass is 10.1. The van der Waals surface area contributed by atoms with Crippen LogP contribution >= 0.6 is 0 Å². The van der Waals surface area contributed by atoms with Gasteiger partial charge in [0.05, 0.1) is 16.3 Å². The minimum atomic E-state index is -3.24. The number of aryl methyl sites for hydroxylation is 2. The van der Waals surface area contributed by atoms with Crippen LogP contribution in [0.1, 0.15) is 22.8 Å². The topological polar surface area (TPSA) is 97.7 Å². The second-order valence-electron chi connectivity index (χ2n) is 7.07. The molecule has 7 nitrogen and oxygen atoms in total. The normalized spacial score (nSPS) is 11.1. The molecule has 154 valence electrons. The second-order valence-corrected chi connectivity index (χ2v) is 9.08. The van der Waals surface area contributed by atoms with Crippen molar-refractivity contribution < 1.29 is 8.42 Å². The number of rotatable bonds is 3. The van der Waals surface area contributed by atoms with Crippen LogP contribution in [-0.2, 0) is 9.84 Å². The molecule has 0 aliphatic rings. The summed E-state index contributed by atoms with van der Waals surface area (Å²) >= 11 is 0. The molecule has 1 N–H and O–H groups in total. The minimum absolute atomic E-state index is 0.265. The maximum absolute atomic E-state index is 11.6. The molecule has 0 amide bonds. The molecule has 0 radical (unpaired) electrons. The molecule has 3 heterocycles. The lowest BCUT2D eigenvalue weighted by Gasteiger charge is -2.08. The monoisotopic (exact) mass is 429 g/mol. The van der Waals surface area contributed by atoms with Crippen molar-refractivity contribution in [2.75, 3.05) is 11.6 Å². The van der Waals surface area contributed by atoms with Crippen molar-refractivity contribution in [1.29, 1.82) is 0 Å². The molecule has 0 fully saturated rings. The molecule has 0 saturated heterocycles. The van der Waals surface area contributed by atoms with Gasteiger partial charge < -0.3 is 5.32 Å². The highest BCUT2D eigenvalue weighted by atomic mass is 32.2. The van der Waals surface area contributed by atoms with Gasteiger partial charge in [-0.05, 0) is 62.1 Å². The van der Waals surface area contributed by atoms with Crippen LogP contribution in [0.4, 0.5) is 11.5 Å². The molecule has 0 atom stereocenters. The third-order valence-electron chi connectivity index (χ3n) is 4.57. The molecular formula is C23H19N5O2S. The van der Waals surface area contributed by atoms with Gasteiger partial charge in [0, 0.05) is 41.3 Å². The summed E-state index contributed by atoms with van der Waals surface area (Å²) < 4.78 is 23.3. The van der Waals surface area contributed by atoms with Gasteiger partial charge in [-0.25, -0.2) is 23.4 Å². The van der Waals surface area contributed by atoms with Crippen LogP contribution in [-0.4, -0.2) is 34.6 Å². The molecule has 0 aliphatic heterocycles. The summed E-state index contributed by atoms with van der Waals surface area (Å²) in [6.45, 7) is 3.77. The second kappa shape index (κ2) is 8.13. The Morgan fingerprint density at radius 3 is 2.35 bits per heavy atom. The Labute approximate surface area is 180 Å². The number of hydrogen-bond acceptors (Lipinski definition) is 7. The predicted molar refractivity (Wildman–Crippen MR) is 120 cm³/mol. The zero-order chi connectivity index (χ0) is 22.0. The first-order chi connectivity index (χ1) is 14.8. The highest BCUT2D eigenvalue weighted by Gasteiger charge is 2.08. The maximum Gasteiger partial charge on any atom is 0.175 e. The Balaban J connectivity index is 1.67. The summed E-state index contributed by atoms with van der Waals surface area (Å²) in [6, 6.07) is 10.2. The molecule has 0 spiro atoms. The van der Waals surface area contributed by atoms with Crippen molar-refractivity contribution in [3.63, 3.8) is 0 Å². The van der Waals surface area contributed by atoms with E-state index in [0.717, 1.165) is 27.8 Å². The highest BCUT2D eigenvalue weighted by Crippen LogP contribution is 2.22. The van der Waals surface area contributed by atoms with Crippen LogP contribution in [0.3, 0.4) is 0 Å². The fraction of sp³-hybridized carbons (Fsp3) is 0.130. The van der Waals surface area contributed by atoms with E-state index < -0.39 is 9.84 Å². The molecule has 1 aromatic carbocycles. The number of pyridine rings is 2. The van der Waals surface area contributed by atoms with Crippen molar-refractivity contribution >= 4 is 32.1 Å². The number of nitrogens with one attached hydrogen (secondary N) is 1. The van der Waals surface area contributed by atoms with E-state index in [1.807, 2.05) is 26.0 Å². The predicted octanol–water partition coefficient (Wildman–Crippen LogP) is 3.58. The molecular weight excluding hydrogens is 410 g/mol. The van der Waals surface area contributed by atoms with E-state index in [2.05, 4.69) is 37.1 Å². The molecule has 0 saturated carbocycles. The smallest absolute Gasteiger partial charge is 0.175 e. The minimum Gasteiger partial charge on any atom is -0.340 e. The molecule has 3 aromatic heterocycles. The van der Waals surface area contributed by atoms with Crippen LogP contribution in [0.25, 0.3) is 10.8 Å². The number of sulfone groups is 1. The number of aromatic nitrogens is 4. The molecule has 4 aromatic rings. The number of fused-ring (bicyclic) bond motifs is 1. The van der Waals surface area contributed by atoms with Crippen LogP contribution in [0.2, 0.25) is 0 Å². The average molecular weight is 430 g/mol.